The number of hydrogen-bond acceptors (Lipinski definition) is 2. The topological polar surface area (TPSA) is 15.3 Å². The van der Waals surface area contributed by atoms with E-state index in [4.69, 9.17) is 11.6 Å². The van der Waals surface area contributed by atoms with Crippen molar-refractivity contribution in [3.63, 3.8) is 0 Å². The van der Waals surface area contributed by atoms with E-state index in [0.29, 0.717) is 0 Å². The van der Waals surface area contributed by atoms with E-state index in [9.17, 15) is 0 Å². The van der Waals surface area contributed by atoms with Crippen molar-refractivity contribution in [2.24, 2.45) is 0 Å². The molecule has 3 rings (SSSR count). The molecule has 110 valence electrons. The molecule has 0 atom stereocenters. The van der Waals surface area contributed by atoms with E-state index in [0.717, 1.165) is 28.3 Å². The smallest absolute Gasteiger partial charge is 0.0488 e. The number of fused-ring (bicyclic) bond motifs is 1. The molecule has 0 radical (unpaired) electrons. The first kappa shape index (κ1) is 14.7. The summed E-state index contributed by atoms with van der Waals surface area (Å²) >= 11 is 9.50. The first-order chi connectivity index (χ1) is 10.1. The number of aryl methyl sites for hydroxylation is 1. The van der Waals surface area contributed by atoms with Gasteiger partial charge in [0.2, 0.25) is 0 Å². The molecule has 1 aliphatic heterocycles. The molecule has 0 unspecified atom stereocenters. The molecule has 1 N–H and O–H groups in total. The summed E-state index contributed by atoms with van der Waals surface area (Å²) in [5.41, 5.74) is 5.20. The Labute approximate surface area is 139 Å². The van der Waals surface area contributed by atoms with E-state index in [-0.39, 0.29) is 0 Å². The minimum absolute atomic E-state index is 0.740. The molecule has 21 heavy (non-hydrogen) atoms. The third kappa shape index (κ3) is 3.35. The highest BCUT2D eigenvalue weighted by atomic mass is 79.9. The van der Waals surface area contributed by atoms with E-state index in [1.54, 1.807) is 0 Å². The molecule has 1 aliphatic rings. The van der Waals surface area contributed by atoms with Gasteiger partial charge in [-0.25, -0.2) is 0 Å². The van der Waals surface area contributed by atoms with Crippen LogP contribution in [0, 0.1) is 0 Å². The lowest BCUT2D eigenvalue weighted by Gasteiger charge is -2.28. The molecule has 0 aromatic heterocycles. The van der Waals surface area contributed by atoms with E-state index < -0.39 is 0 Å². The molecule has 0 aliphatic carbocycles. The van der Waals surface area contributed by atoms with Gasteiger partial charge in [-0.2, -0.15) is 0 Å². The molecule has 2 aromatic rings. The summed E-state index contributed by atoms with van der Waals surface area (Å²) in [6.07, 6.45) is 2.42. The molecule has 0 fully saturated rings. The number of anilines is 2. The van der Waals surface area contributed by atoms with Gasteiger partial charge in [0.25, 0.3) is 0 Å². The van der Waals surface area contributed by atoms with E-state index in [1.165, 1.54) is 29.7 Å². The Hall–Kier alpha value is -1.19. The fraction of sp³-hybridized carbons (Fsp3) is 0.294. The molecular formula is C17H18BrClN2. The van der Waals surface area contributed by atoms with Crippen LogP contribution in [0.1, 0.15) is 17.5 Å². The molecule has 0 saturated heterocycles. The van der Waals surface area contributed by atoms with Gasteiger partial charge in [0, 0.05) is 41.0 Å². The highest BCUT2D eigenvalue weighted by Gasteiger charge is 2.13. The van der Waals surface area contributed by atoms with Crippen LogP contribution in [-0.4, -0.2) is 13.6 Å². The van der Waals surface area contributed by atoms with Crippen molar-refractivity contribution >= 4 is 38.9 Å². The molecular weight excluding hydrogens is 348 g/mol. The fourth-order valence-electron chi connectivity index (χ4n) is 2.78. The number of nitrogens with one attached hydrogen (secondary N) is 1. The van der Waals surface area contributed by atoms with Crippen LogP contribution in [0.5, 0.6) is 0 Å². The summed E-state index contributed by atoms with van der Waals surface area (Å²) in [5.74, 6) is 0. The van der Waals surface area contributed by atoms with Crippen LogP contribution in [0.2, 0.25) is 5.02 Å². The molecule has 0 amide bonds. The highest BCUT2D eigenvalue weighted by Crippen LogP contribution is 2.29. The minimum Gasteiger partial charge on any atom is -0.380 e. The van der Waals surface area contributed by atoms with Gasteiger partial charge < -0.3 is 10.2 Å². The van der Waals surface area contributed by atoms with E-state index in [2.05, 4.69) is 51.4 Å². The third-order valence-electron chi connectivity index (χ3n) is 3.91. The molecule has 0 saturated carbocycles. The quantitative estimate of drug-likeness (QED) is 0.814. The number of benzene rings is 2. The van der Waals surface area contributed by atoms with Crippen LogP contribution >= 0.6 is 27.5 Å². The number of halogens is 2. The zero-order valence-electron chi connectivity index (χ0n) is 12.0. The zero-order chi connectivity index (χ0) is 14.8. The monoisotopic (exact) mass is 364 g/mol. The maximum atomic E-state index is 5.96. The van der Waals surface area contributed by atoms with Crippen LogP contribution in [0.25, 0.3) is 0 Å². The number of hydrogen-bond donors (Lipinski definition) is 1. The molecule has 1 heterocycles. The Morgan fingerprint density at radius 2 is 2.10 bits per heavy atom. The Morgan fingerprint density at radius 1 is 1.24 bits per heavy atom. The lowest BCUT2D eigenvalue weighted by atomic mass is 9.99. The molecule has 0 bridgehead atoms. The lowest BCUT2D eigenvalue weighted by Crippen LogP contribution is -2.24. The van der Waals surface area contributed by atoms with Gasteiger partial charge >= 0.3 is 0 Å². The molecule has 2 nitrogen and oxygen atoms in total. The Balaban J connectivity index is 1.73. The standard InChI is InChI=1S/C17H18BrClN2/c1-21-8-2-3-13-9-12(4-7-17(13)21)11-20-16-6-5-14(19)10-15(16)18/h4-7,9-10,20H,2-3,8,11H2,1H3. The summed E-state index contributed by atoms with van der Waals surface area (Å²) in [4.78, 5) is 2.34. The fourth-order valence-corrected chi connectivity index (χ4v) is 3.60. The summed E-state index contributed by atoms with van der Waals surface area (Å²) < 4.78 is 0.993. The van der Waals surface area contributed by atoms with Crippen LogP contribution in [0.15, 0.2) is 40.9 Å². The van der Waals surface area contributed by atoms with Crippen LogP contribution in [0.3, 0.4) is 0 Å². The normalized spacial score (nSPS) is 14.0. The Bertz CT molecular complexity index is 657. The second kappa shape index (κ2) is 6.29. The lowest BCUT2D eigenvalue weighted by molar-refractivity contribution is 0.743. The zero-order valence-corrected chi connectivity index (χ0v) is 14.3. The summed E-state index contributed by atoms with van der Waals surface area (Å²) in [6.45, 7) is 1.97. The molecule has 0 spiro atoms. The van der Waals surface area contributed by atoms with Gasteiger partial charge in [-0.15, -0.1) is 0 Å². The summed E-state index contributed by atoms with van der Waals surface area (Å²) in [7, 11) is 2.17. The van der Waals surface area contributed by atoms with Crippen molar-refractivity contribution in [2.45, 2.75) is 19.4 Å². The first-order valence-corrected chi connectivity index (χ1v) is 8.32. The number of rotatable bonds is 3. The van der Waals surface area contributed by atoms with E-state index >= 15 is 0 Å². The maximum Gasteiger partial charge on any atom is 0.0488 e. The van der Waals surface area contributed by atoms with Gasteiger partial charge in [0.05, 0.1) is 0 Å². The van der Waals surface area contributed by atoms with Crippen LogP contribution in [0.4, 0.5) is 11.4 Å². The Kier molecular flexibility index (Phi) is 4.41. The summed E-state index contributed by atoms with van der Waals surface area (Å²) in [5, 5.41) is 4.20. The van der Waals surface area contributed by atoms with Crippen molar-refractivity contribution in [3.8, 4) is 0 Å². The molecule has 4 heteroatoms. The van der Waals surface area contributed by atoms with Crippen molar-refractivity contribution in [2.75, 3.05) is 23.8 Å². The van der Waals surface area contributed by atoms with Crippen LogP contribution < -0.4 is 10.2 Å². The SMILES string of the molecule is CN1CCCc2cc(CNc3ccc(Cl)cc3Br)ccc21. The minimum atomic E-state index is 0.740. The van der Waals surface area contributed by atoms with Gasteiger partial charge in [-0.05, 0) is 64.2 Å². The van der Waals surface area contributed by atoms with Gasteiger partial charge in [0.1, 0.15) is 0 Å². The van der Waals surface area contributed by atoms with Crippen molar-refractivity contribution < 1.29 is 0 Å². The van der Waals surface area contributed by atoms with E-state index in [1.807, 2.05) is 18.2 Å². The molecule has 2 aromatic carbocycles. The maximum absolute atomic E-state index is 5.96. The highest BCUT2D eigenvalue weighted by molar-refractivity contribution is 9.10. The summed E-state index contributed by atoms with van der Waals surface area (Å²) in [6, 6.07) is 12.6. The number of nitrogens with zero attached hydrogens (tertiary/aromatic N) is 1. The van der Waals surface area contributed by atoms with Crippen LogP contribution in [-0.2, 0) is 13.0 Å². The average Bonchev–Trinajstić information content (AvgIpc) is 2.46. The van der Waals surface area contributed by atoms with Crippen molar-refractivity contribution in [1.82, 2.24) is 0 Å². The largest absolute Gasteiger partial charge is 0.380 e. The van der Waals surface area contributed by atoms with Crippen molar-refractivity contribution in [3.05, 3.63) is 57.0 Å². The predicted octanol–water partition coefficient (Wildman–Crippen LogP) is 5.10. The Morgan fingerprint density at radius 3 is 2.90 bits per heavy atom. The first-order valence-electron chi connectivity index (χ1n) is 7.15. The average molecular weight is 366 g/mol. The predicted molar refractivity (Wildman–Crippen MR) is 94.5 cm³/mol. The van der Waals surface area contributed by atoms with Crippen molar-refractivity contribution in [1.29, 1.82) is 0 Å². The van der Waals surface area contributed by atoms with Gasteiger partial charge in [-0.1, -0.05) is 23.7 Å². The second-order valence-electron chi connectivity index (χ2n) is 5.47. The van der Waals surface area contributed by atoms with Gasteiger partial charge in [-0.3, -0.25) is 0 Å². The second-order valence-corrected chi connectivity index (χ2v) is 6.76. The third-order valence-corrected chi connectivity index (χ3v) is 4.80. The van der Waals surface area contributed by atoms with Gasteiger partial charge in [0.15, 0.2) is 0 Å².